The molecule has 0 saturated heterocycles. The van der Waals surface area contributed by atoms with Gasteiger partial charge in [-0.05, 0) is 36.6 Å². The molecule has 9 heteroatoms. The van der Waals surface area contributed by atoms with E-state index in [-0.39, 0.29) is 18.2 Å². The zero-order chi connectivity index (χ0) is 21.5. The van der Waals surface area contributed by atoms with Crippen LogP contribution in [0.4, 0.5) is 10.1 Å². The minimum atomic E-state index is -0.916. The SMILES string of the molecule is Cc1ccc(-c2noc([C@H]3C[C@@H]3F)n2)cc1NC(=O)c1cnc2ccc(CC#N)cn12. The summed E-state index contributed by atoms with van der Waals surface area (Å²) in [7, 11) is 0. The van der Waals surface area contributed by atoms with Gasteiger partial charge in [0.05, 0.1) is 24.6 Å². The number of carbonyl (C=O) groups is 1. The Hall–Kier alpha value is -4.06. The van der Waals surface area contributed by atoms with E-state index < -0.39 is 6.17 Å². The summed E-state index contributed by atoms with van der Waals surface area (Å²) >= 11 is 0. The molecule has 1 N–H and O–H groups in total. The van der Waals surface area contributed by atoms with Crippen LogP contribution in [0.5, 0.6) is 0 Å². The van der Waals surface area contributed by atoms with Gasteiger partial charge in [-0.25, -0.2) is 9.37 Å². The van der Waals surface area contributed by atoms with Crippen LogP contribution in [0.25, 0.3) is 17.0 Å². The lowest BCUT2D eigenvalue weighted by Crippen LogP contribution is -2.15. The van der Waals surface area contributed by atoms with Crippen molar-refractivity contribution in [2.24, 2.45) is 0 Å². The maximum atomic E-state index is 13.2. The number of carbonyl (C=O) groups excluding carboxylic acids is 1. The number of rotatable bonds is 5. The molecule has 0 aliphatic heterocycles. The van der Waals surface area contributed by atoms with E-state index in [4.69, 9.17) is 9.78 Å². The van der Waals surface area contributed by atoms with Crippen molar-refractivity contribution >= 4 is 17.2 Å². The minimum Gasteiger partial charge on any atom is -0.339 e. The summed E-state index contributed by atoms with van der Waals surface area (Å²) in [5.74, 6) is -0.00559. The highest BCUT2D eigenvalue weighted by Gasteiger charge is 2.43. The van der Waals surface area contributed by atoms with Crippen molar-refractivity contribution in [2.75, 3.05) is 5.32 Å². The van der Waals surface area contributed by atoms with Crippen molar-refractivity contribution in [3.63, 3.8) is 0 Å². The topological polar surface area (TPSA) is 109 Å². The molecule has 0 unspecified atom stereocenters. The van der Waals surface area contributed by atoms with Gasteiger partial charge >= 0.3 is 0 Å². The number of nitrogens with zero attached hydrogens (tertiary/aromatic N) is 5. The predicted octanol–water partition coefficient (Wildman–Crippen LogP) is 3.84. The lowest BCUT2D eigenvalue weighted by molar-refractivity contribution is 0.102. The van der Waals surface area contributed by atoms with Gasteiger partial charge in [-0.15, -0.1) is 0 Å². The maximum absolute atomic E-state index is 13.2. The third-order valence-electron chi connectivity index (χ3n) is 5.30. The van der Waals surface area contributed by atoms with Crippen LogP contribution in [-0.2, 0) is 6.42 Å². The Kier molecular flexibility index (Phi) is 4.47. The number of halogens is 1. The molecule has 0 spiro atoms. The van der Waals surface area contributed by atoms with Crippen LogP contribution < -0.4 is 5.32 Å². The Morgan fingerprint density at radius 1 is 1.39 bits per heavy atom. The highest BCUT2D eigenvalue weighted by Crippen LogP contribution is 2.43. The summed E-state index contributed by atoms with van der Waals surface area (Å²) in [4.78, 5) is 21.5. The van der Waals surface area contributed by atoms with E-state index in [9.17, 15) is 9.18 Å². The van der Waals surface area contributed by atoms with Crippen molar-refractivity contribution in [2.45, 2.75) is 31.9 Å². The largest absolute Gasteiger partial charge is 0.339 e. The van der Waals surface area contributed by atoms with Crippen LogP contribution in [0.3, 0.4) is 0 Å². The van der Waals surface area contributed by atoms with Crippen LogP contribution in [0.15, 0.2) is 47.2 Å². The quantitative estimate of drug-likeness (QED) is 0.529. The van der Waals surface area contributed by atoms with Crippen LogP contribution in [0.1, 0.15) is 39.8 Å². The zero-order valence-electron chi connectivity index (χ0n) is 16.5. The summed E-state index contributed by atoms with van der Waals surface area (Å²) in [5.41, 5.74) is 3.85. The maximum Gasteiger partial charge on any atom is 0.274 e. The van der Waals surface area contributed by atoms with Crippen molar-refractivity contribution in [1.82, 2.24) is 19.5 Å². The third kappa shape index (κ3) is 3.53. The van der Waals surface area contributed by atoms with Crippen molar-refractivity contribution in [3.8, 4) is 17.5 Å². The van der Waals surface area contributed by atoms with Gasteiger partial charge in [0.2, 0.25) is 11.7 Å². The number of hydrogen-bond donors (Lipinski definition) is 1. The molecule has 1 aliphatic rings. The van der Waals surface area contributed by atoms with Gasteiger partial charge in [-0.1, -0.05) is 23.4 Å². The number of benzene rings is 1. The molecule has 154 valence electrons. The number of anilines is 1. The van der Waals surface area contributed by atoms with Crippen LogP contribution in [0.2, 0.25) is 0 Å². The number of imidazole rings is 1. The Morgan fingerprint density at radius 3 is 3.00 bits per heavy atom. The van der Waals surface area contributed by atoms with Gasteiger partial charge < -0.3 is 9.84 Å². The smallest absolute Gasteiger partial charge is 0.274 e. The highest BCUT2D eigenvalue weighted by atomic mass is 19.1. The summed E-state index contributed by atoms with van der Waals surface area (Å²) < 4.78 is 20.1. The first kappa shape index (κ1) is 18.9. The monoisotopic (exact) mass is 416 g/mol. The van der Waals surface area contributed by atoms with E-state index in [0.29, 0.717) is 40.7 Å². The molecular formula is C22H17FN6O2. The average molecular weight is 416 g/mol. The summed E-state index contributed by atoms with van der Waals surface area (Å²) in [6, 6.07) is 11.1. The van der Waals surface area contributed by atoms with Crippen LogP contribution in [0, 0.1) is 18.3 Å². The molecule has 2 atom stereocenters. The number of hydrogen-bond acceptors (Lipinski definition) is 6. The van der Waals surface area contributed by atoms with Gasteiger partial charge in [0.25, 0.3) is 5.91 Å². The molecule has 1 amide bonds. The highest BCUT2D eigenvalue weighted by molar-refractivity contribution is 6.04. The number of nitrogens with one attached hydrogen (secondary N) is 1. The normalized spacial score (nSPS) is 17.5. The molecule has 1 saturated carbocycles. The fraction of sp³-hybridized carbons (Fsp3) is 0.227. The lowest BCUT2D eigenvalue weighted by Gasteiger charge is -2.10. The Bertz CT molecular complexity index is 1350. The number of aryl methyl sites for hydroxylation is 1. The van der Waals surface area contributed by atoms with Gasteiger partial charge in [0.1, 0.15) is 17.5 Å². The molecule has 1 aliphatic carbocycles. The first-order valence-corrected chi connectivity index (χ1v) is 9.76. The summed E-state index contributed by atoms with van der Waals surface area (Å²) in [6.07, 6.45) is 2.97. The molecule has 3 heterocycles. The second kappa shape index (κ2) is 7.32. The predicted molar refractivity (Wildman–Crippen MR) is 109 cm³/mol. The van der Waals surface area contributed by atoms with Crippen molar-refractivity contribution < 1.29 is 13.7 Å². The standard InChI is InChI=1S/C22H17FN6O2/c1-12-2-4-14(20-27-22(31-28-20)15-9-16(15)23)8-17(12)26-21(30)18-10-25-19-5-3-13(6-7-24)11-29(18)19/h2-5,8,10-11,15-16H,6,9H2,1H3,(H,26,30)/t15-,16-/m0/s1. The Morgan fingerprint density at radius 2 is 2.23 bits per heavy atom. The van der Waals surface area contributed by atoms with Crippen LogP contribution in [-0.4, -0.2) is 31.6 Å². The first-order valence-electron chi connectivity index (χ1n) is 9.76. The molecule has 8 nitrogen and oxygen atoms in total. The van der Waals surface area contributed by atoms with Crippen molar-refractivity contribution in [1.29, 1.82) is 5.26 Å². The van der Waals surface area contributed by atoms with E-state index in [1.807, 2.05) is 25.1 Å². The van der Waals surface area contributed by atoms with E-state index in [1.165, 1.54) is 6.20 Å². The summed E-state index contributed by atoms with van der Waals surface area (Å²) in [6.45, 7) is 1.87. The molecule has 1 aromatic carbocycles. The van der Waals surface area contributed by atoms with Crippen LogP contribution >= 0.6 is 0 Å². The second-order valence-corrected chi connectivity index (χ2v) is 7.54. The fourth-order valence-electron chi connectivity index (χ4n) is 3.39. The minimum absolute atomic E-state index is 0.243. The molecule has 3 aromatic heterocycles. The summed E-state index contributed by atoms with van der Waals surface area (Å²) in [5, 5.41) is 15.8. The molecule has 5 rings (SSSR count). The first-order chi connectivity index (χ1) is 15.0. The molecule has 0 bridgehead atoms. The van der Waals surface area contributed by atoms with E-state index in [1.54, 1.807) is 22.7 Å². The Labute approximate surface area is 176 Å². The molecule has 1 fully saturated rings. The lowest BCUT2D eigenvalue weighted by atomic mass is 10.1. The van der Waals surface area contributed by atoms with E-state index in [2.05, 4.69) is 26.5 Å². The zero-order valence-corrected chi connectivity index (χ0v) is 16.5. The molecule has 4 aromatic rings. The third-order valence-corrected chi connectivity index (χ3v) is 5.30. The molecule has 31 heavy (non-hydrogen) atoms. The number of alkyl halides is 1. The molecule has 0 radical (unpaired) electrons. The van der Waals surface area contributed by atoms with Crippen molar-refractivity contribution in [3.05, 3.63) is 65.4 Å². The number of amides is 1. The number of fused-ring (bicyclic) bond motifs is 1. The number of pyridine rings is 1. The van der Waals surface area contributed by atoms with Gasteiger partial charge in [0.15, 0.2) is 0 Å². The van der Waals surface area contributed by atoms with Gasteiger partial charge in [-0.3, -0.25) is 9.20 Å². The average Bonchev–Trinajstić information content (AvgIpc) is 3.16. The van der Waals surface area contributed by atoms with Gasteiger partial charge in [-0.2, -0.15) is 10.2 Å². The Balaban J connectivity index is 1.42. The van der Waals surface area contributed by atoms with E-state index in [0.717, 1.165) is 11.1 Å². The van der Waals surface area contributed by atoms with Gasteiger partial charge in [0, 0.05) is 17.4 Å². The van der Waals surface area contributed by atoms with E-state index >= 15 is 0 Å². The fourth-order valence-corrected chi connectivity index (χ4v) is 3.39. The number of nitriles is 1. The number of aromatic nitrogens is 4. The molecular weight excluding hydrogens is 399 g/mol. The second-order valence-electron chi connectivity index (χ2n) is 7.54.